The monoisotopic (exact) mass is 416 g/mol. The highest BCUT2D eigenvalue weighted by Gasteiger charge is 2.25. The minimum atomic E-state index is -0.480. The van der Waals surface area contributed by atoms with E-state index in [2.05, 4.69) is 18.8 Å². The number of Topliss-reactive ketones (excluding diaryl/α,β-unsaturated/α-hetero) is 1. The minimum Gasteiger partial charge on any atom is -0.492 e. The van der Waals surface area contributed by atoms with Crippen LogP contribution in [-0.4, -0.2) is 23.3 Å². The summed E-state index contributed by atoms with van der Waals surface area (Å²) in [7, 11) is 0. The van der Waals surface area contributed by atoms with E-state index in [-0.39, 0.29) is 11.7 Å². The highest BCUT2D eigenvalue weighted by molar-refractivity contribution is 6.00. The number of hydrogen-bond acceptors (Lipinski definition) is 5. The molecule has 0 aliphatic carbocycles. The highest BCUT2D eigenvalue weighted by Crippen LogP contribution is 2.39. The first-order chi connectivity index (χ1) is 14.9. The Balaban J connectivity index is 1.78. The Morgan fingerprint density at radius 1 is 1.06 bits per heavy atom. The lowest BCUT2D eigenvalue weighted by molar-refractivity contribution is 0.0931. The largest absolute Gasteiger partial charge is 0.492 e. The Labute approximate surface area is 181 Å². The van der Waals surface area contributed by atoms with Crippen molar-refractivity contribution in [3.05, 3.63) is 88.7 Å². The number of primary amides is 1. The number of hydrogen-bond donors (Lipinski definition) is 1. The molecule has 1 amide bonds. The number of carbonyl (C=O) groups is 2. The maximum absolute atomic E-state index is 12.4. The SMILES string of the molecule is CC(C)c1cc2c(cc1O[C@@H](c1ccncc1)c1ccc(C(N)=O)cc1)OCCC2=O. The van der Waals surface area contributed by atoms with Gasteiger partial charge in [-0.1, -0.05) is 26.0 Å². The Kier molecular flexibility index (Phi) is 5.71. The maximum atomic E-state index is 12.4. The summed E-state index contributed by atoms with van der Waals surface area (Å²) in [6.45, 7) is 4.49. The van der Waals surface area contributed by atoms with Crippen LogP contribution in [0.4, 0.5) is 0 Å². The van der Waals surface area contributed by atoms with Gasteiger partial charge in [-0.25, -0.2) is 0 Å². The number of amides is 1. The van der Waals surface area contributed by atoms with Crippen molar-refractivity contribution in [2.75, 3.05) is 6.61 Å². The van der Waals surface area contributed by atoms with Crippen LogP contribution in [0.2, 0.25) is 0 Å². The molecule has 31 heavy (non-hydrogen) atoms. The zero-order chi connectivity index (χ0) is 22.0. The summed E-state index contributed by atoms with van der Waals surface area (Å²) in [6, 6.07) is 14.5. The predicted octanol–water partition coefficient (Wildman–Crippen LogP) is 4.44. The molecule has 0 saturated carbocycles. The van der Waals surface area contributed by atoms with Crippen LogP contribution in [0.15, 0.2) is 60.9 Å². The van der Waals surface area contributed by atoms with E-state index in [1.807, 2.05) is 36.4 Å². The Hall–Kier alpha value is -3.67. The molecule has 0 spiro atoms. The molecule has 6 nitrogen and oxygen atoms in total. The van der Waals surface area contributed by atoms with E-state index >= 15 is 0 Å². The number of ether oxygens (including phenoxy) is 2. The molecule has 1 aliphatic rings. The third kappa shape index (κ3) is 4.28. The van der Waals surface area contributed by atoms with Crippen molar-refractivity contribution >= 4 is 11.7 Å². The highest BCUT2D eigenvalue weighted by atomic mass is 16.5. The first-order valence-corrected chi connectivity index (χ1v) is 10.2. The third-order valence-corrected chi connectivity index (χ3v) is 5.37. The number of aromatic nitrogens is 1. The van der Waals surface area contributed by atoms with Crippen LogP contribution in [0.5, 0.6) is 11.5 Å². The van der Waals surface area contributed by atoms with Gasteiger partial charge in [0.25, 0.3) is 0 Å². The fourth-order valence-electron chi connectivity index (χ4n) is 3.67. The van der Waals surface area contributed by atoms with Crippen molar-refractivity contribution in [2.45, 2.75) is 32.3 Å². The first-order valence-electron chi connectivity index (χ1n) is 10.2. The van der Waals surface area contributed by atoms with Gasteiger partial charge in [-0.2, -0.15) is 0 Å². The number of ketones is 1. The molecule has 1 aromatic heterocycles. The van der Waals surface area contributed by atoms with Crippen LogP contribution in [0, 0.1) is 0 Å². The van der Waals surface area contributed by atoms with Crippen molar-refractivity contribution in [1.82, 2.24) is 4.98 Å². The van der Waals surface area contributed by atoms with E-state index in [0.717, 1.165) is 16.7 Å². The molecule has 158 valence electrons. The molecular formula is C25H24N2O4. The third-order valence-electron chi connectivity index (χ3n) is 5.37. The molecule has 3 aromatic rings. The van der Waals surface area contributed by atoms with E-state index in [1.54, 1.807) is 24.5 Å². The number of nitrogens with zero attached hydrogens (tertiary/aromatic N) is 1. The smallest absolute Gasteiger partial charge is 0.248 e. The normalized spacial score (nSPS) is 14.0. The van der Waals surface area contributed by atoms with Crippen LogP contribution in [-0.2, 0) is 0 Å². The van der Waals surface area contributed by atoms with Crippen molar-refractivity contribution in [3.63, 3.8) is 0 Å². The summed E-state index contributed by atoms with van der Waals surface area (Å²) in [5.41, 5.74) is 9.13. The molecule has 6 heteroatoms. The standard InChI is InChI=1S/C25H24N2O4/c1-15(2)19-13-20-21(28)9-12-30-22(20)14-23(19)31-24(17-7-10-27-11-8-17)16-3-5-18(6-4-16)25(26)29/h3-8,10-11,13-15,24H,9,12H2,1-2H3,(H2,26,29)/t24-/m1/s1. The van der Waals surface area contributed by atoms with Gasteiger partial charge in [0.15, 0.2) is 5.78 Å². The van der Waals surface area contributed by atoms with Gasteiger partial charge in [0.2, 0.25) is 5.91 Å². The first kappa shape index (κ1) is 20.6. The fourth-order valence-corrected chi connectivity index (χ4v) is 3.67. The lowest BCUT2D eigenvalue weighted by atomic mass is 9.95. The number of nitrogens with two attached hydrogens (primary N) is 1. The summed E-state index contributed by atoms with van der Waals surface area (Å²) in [5, 5.41) is 0. The van der Waals surface area contributed by atoms with Gasteiger partial charge in [0, 0.05) is 30.4 Å². The van der Waals surface area contributed by atoms with Gasteiger partial charge in [0.1, 0.15) is 17.6 Å². The van der Waals surface area contributed by atoms with E-state index in [0.29, 0.717) is 35.7 Å². The van der Waals surface area contributed by atoms with Crippen molar-refractivity contribution in [1.29, 1.82) is 0 Å². The summed E-state index contributed by atoms with van der Waals surface area (Å²) in [6.07, 6.45) is 3.36. The second-order valence-electron chi connectivity index (χ2n) is 7.83. The molecule has 2 heterocycles. The number of benzene rings is 2. The molecule has 2 aromatic carbocycles. The zero-order valence-corrected chi connectivity index (χ0v) is 17.5. The molecule has 1 atom stereocenters. The van der Waals surface area contributed by atoms with Crippen molar-refractivity contribution in [3.8, 4) is 11.5 Å². The average molecular weight is 416 g/mol. The quantitative estimate of drug-likeness (QED) is 0.641. The van der Waals surface area contributed by atoms with E-state index in [9.17, 15) is 9.59 Å². The molecular weight excluding hydrogens is 392 g/mol. The average Bonchev–Trinajstić information content (AvgIpc) is 2.78. The Bertz CT molecular complexity index is 1110. The van der Waals surface area contributed by atoms with Gasteiger partial charge >= 0.3 is 0 Å². The van der Waals surface area contributed by atoms with Gasteiger partial charge in [-0.15, -0.1) is 0 Å². The second-order valence-corrected chi connectivity index (χ2v) is 7.83. The maximum Gasteiger partial charge on any atom is 0.248 e. The molecule has 0 bridgehead atoms. The molecule has 4 rings (SSSR count). The van der Waals surface area contributed by atoms with Crippen molar-refractivity contribution in [2.24, 2.45) is 5.73 Å². The molecule has 2 N–H and O–H groups in total. The van der Waals surface area contributed by atoms with Gasteiger partial charge in [0.05, 0.1) is 12.2 Å². The fraction of sp³-hybridized carbons (Fsp3) is 0.240. The van der Waals surface area contributed by atoms with Gasteiger partial charge < -0.3 is 15.2 Å². The van der Waals surface area contributed by atoms with Crippen LogP contribution >= 0.6 is 0 Å². The van der Waals surface area contributed by atoms with Crippen LogP contribution < -0.4 is 15.2 Å². The zero-order valence-electron chi connectivity index (χ0n) is 17.5. The van der Waals surface area contributed by atoms with Crippen molar-refractivity contribution < 1.29 is 19.1 Å². The molecule has 0 saturated heterocycles. The van der Waals surface area contributed by atoms with Gasteiger partial charge in [-0.05, 0) is 52.9 Å². The number of fused-ring (bicyclic) bond motifs is 1. The Morgan fingerprint density at radius 2 is 1.74 bits per heavy atom. The lowest BCUT2D eigenvalue weighted by Crippen LogP contribution is -2.17. The number of pyridine rings is 1. The van der Waals surface area contributed by atoms with E-state index < -0.39 is 12.0 Å². The lowest BCUT2D eigenvalue weighted by Gasteiger charge is -2.25. The van der Waals surface area contributed by atoms with E-state index in [4.69, 9.17) is 15.2 Å². The molecule has 0 fully saturated rings. The number of carbonyl (C=O) groups excluding carboxylic acids is 2. The topological polar surface area (TPSA) is 91.5 Å². The Morgan fingerprint density at radius 3 is 2.39 bits per heavy atom. The number of rotatable bonds is 6. The summed E-state index contributed by atoms with van der Waals surface area (Å²) in [5.74, 6) is 0.955. The summed E-state index contributed by atoms with van der Waals surface area (Å²) < 4.78 is 12.3. The van der Waals surface area contributed by atoms with Crippen LogP contribution in [0.3, 0.4) is 0 Å². The molecule has 1 aliphatic heterocycles. The minimum absolute atomic E-state index is 0.0856. The van der Waals surface area contributed by atoms with E-state index in [1.165, 1.54) is 0 Å². The molecule has 0 unspecified atom stereocenters. The van der Waals surface area contributed by atoms with Crippen LogP contribution in [0.1, 0.15) is 69.7 Å². The molecule has 0 radical (unpaired) electrons. The van der Waals surface area contributed by atoms with Crippen LogP contribution in [0.25, 0.3) is 0 Å². The predicted molar refractivity (Wildman–Crippen MR) is 117 cm³/mol. The second kappa shape index (κ2) is 8.60. The summed E-state index contributed by atoms with van der Waals surface area (Å²) in [4.78, 5) is 27.9. The summed E-state index contributed by atoms with van der Waals surface area (Å²) >= 11 is 0. The van der Waals surface area contributed by atoms with Gasteiger partial charge in [-0.3, -0.25) is 14.6 Å².